The largest absolute Gasteiger partial charge is 0.378 e. The van der Waals surface area contributed by atoms with Gasteiger partial charge >= 0.3 is 0 Å². The van der Waals surface area contributed by atoms with Crippen LogP contribution in [0.3, 0.4) is 0 Å². The van der Waals surface area contributed by atoms with Crippen molar-refractivity contribution in [2.75, 3.05) is 45.1 Å². The predicted molar refractivity (Wildman–Crippen MR) is 70.4 cm³/mol. The second-order valence-corrected chi connectivity index (χ2v) is 6.68. The van der Waals surface area contributed by atoms with E-state index in [9.17, 15) is 4.79 Å². The molecule has 0 bridgehead atoms. The summed E-state index contributed by atoms with van der Waals surface area (Å²) in [7, 11) is 0. The second kappa shape index (κ2) is 6.07. The Morgan fingerprint density at radius 3 is 2.88 bits per heavy atom. The van der Waals surface area contributed by atoms with Crippen LogP contribution in [-0.2, 0) is 9.53 Å². The van der Waals surface area contributed by atoms with Crippen molar-refractivity contribution < 1.29 is 9.53 Å². The zero-order valence-corrected chi connectivity index (χ0v) is 11.4. The molecule has 2 rings (SSSR count). The van der Waals surface area contributed by atoms with Gasteiger partial charge in [0.25, 0.3) is 0 Å². The monoisotopic (exact) mass is 258 g/mol. The van der Waals surface area contributed by atoms with Gasteiger partial charge in [-0.05, 0) is 25.5 Å². The van der Waals surface area contributed by atoms with Gasteiger partial charge in [-0.15, -0.1) is 0 Å². The van der Waals surface area contributed by atoms with Crippen LogP contribution in [0.15, 0.2) is 0 Å². The SMILES string of the molecule is CC1(CNCC(=O)N2CCOCC2)CCCS1. The normalized spacial score (nSPS) is 29.6. The maximum Gasteiger partial charge on any atom is 0.236 e. The molecule has 0 aromatic carbocycles. The van der Waals surface area contributed by atoms with E-state index in [4.69, 9.17) is 4.74 Å². The number of rotatable bonds is 4. The van der Waals surface area contributed by atoms with Gasteiger partial charge in [0.2, 0.25) is 5.91 Å². The Balaban J connectivity index is 1.65. The van der Waals surface area contributed by atoms with Crippen LogP contribution in [0.1, 0.15) is 19.8 Å². The first kappa shape index (κ1) is 13.2. The van der Waals surface area contributed by atoms with Crippen molar-refractivity contribution in [1.29, 1.82) is 0 Å². The van der Waals surface area contributed by atoms with Crippen LogP contribution in [0.2, 0.25) is 0 Å². The van der Waals surface area contributed by atoms with E-state index < -0.39 is 0 Å². The molecule has 0 spiro atoms. The number of thioether (sulfide) groups is 1. The summed E-state index contributed by atoms with van der Waals surface area (Å²) >= 11 is 2.02. The molecule has 2 heterocycles. The Bertz CT molecular complexity index is 261. The fourth-order valence-electron chi connectivity index (χ4n) is 2.33. The molecule has 1 unspecified atom stereocenters. The molecule has 4 nitrogen and oxygen atoms in total. The molecule has 0 saturated carbocycles. The molecule has 2 aliphatic heterocycles. The van der Waals surface area contributed by atoms with Crippen LogP contribution in [0.5, 0.6) is 0 Å². The zero-order chi connectivity index (χ0) is 12.1. The number of hydrogen-bond acceptors (Lipinski definition) is 4. The van der Waals surface area contributed by atoms with E-state index >= 15 is 0 Å². The highest BCUT2D eigenvalue weighted by molar-refractivity contribution is 8.00. The molecular weight excluding hydrogens is 236 g/mol. The summed E-state index contributed by atoms with van der Waals surface area (Å²) < 4.78 is 5.57. The van der Waals surface area contributed by atoms with E-state index in [-0.39, 0.29) is 5.91 Å². The van der Waals surface area contributed by atoms with Crippen LogP contribution in [-0.4, -0.2) is 60.7 Å². The average molecular weight is 258 g/mol. The first-order valence-corrected chi connectivity index (χ1v) is 7.38. The highest BCUT2D eigenvalue weighted by atomic mass is 32.2. The fourth-order valence-corrected chi connectivity index (χ4v) is 3.61. The molecule has 5 heteroatoms. The van der Waals surface area contributed by atoms with E-state index in [1.165, 1.54) is 18.6 Å². The second-order valence-electron chi connectivity index (χ2n) is 5.00. The summed E-state index contributed by atoms with van der Waals surface area (Å²) in [6.07, 6.45) is 2.57. The van der Waals surface area contributed by atoms with Gasteiger partial charge in [-0.25, -0.2) is 0 Å². The highest BCUT2D eigenvalue weighted by Crippen LogP contribution is 2.36. The summed E-state index contributed by atoms with van der Waals surface area (Å²) in [5, 5.41) is 3.31. The van der Waals surface area contributed by atoms with Gasteiger partial charge in [0.15, 0.2) is 0 Å². The zero-order valence-electron chi connectivity index (χ0n) is 10.5. The van der Waals surface area contributed by atoms with Crippen LogP contribution in [0.4, 0.5) is 0 Å². The molecule has 0 radical (unpaired) electrons. The number of ether oxygens (including phenoxy) is 1. The van der Waals surface area contributed by atoms with E-state index in [1.54, 1.807) is 0 Å². The number of carbonyl (C=O) groups excluding carboxylic acids is 1. The lowest BCUT2D eigenvalue weighted by atomic mass is 10.1. The van der Waals surface area contributed by atoms with Crippen LogP contribution >= 0.6 is 11.8 Å². The Kier molecular flexibility index (Phi) is 4.70. The fraction of sp³-hybridized carbons (Fsp3) is 0.917. The molecule has 1 amide bonds. The molecule has 98 valence electrons. The van der Waals surface area contributed by atoms with Crippen molar-refractivity contribution in [3.63, 3.8) is 0 Å². The van der Waals surface area contributed by atoms with Gasteiger partial charge in [-0.3, -0.25) is 4.79 Å². The van der Waals surface area contributed by atoms with Crippen molar-refractivity contribution in [3.05, 3.63) is 0 Å². The topological polar surface area (TPSA) is 41.6 Å². The Hall–Kier alpha value is -0.260. The van der Waals surface area contributed by atoms with Gasteiger partial charge in [0.05, 0.1) is 19.8 Å². The third-order valence-corrected chi connectivity index (χ3v) is 4.98. The Morgan fingerprint density at radius 1 is 1.47 bits per heavy atom. The maximum atomic E-state index is 11.9. The van der Waals surface area contributed by atoms with Crippen molar-refractivity contribution in [3.8, 4) is 0 Å². The number of hydrogen-bond donors (Lipinski definition) is 1. The molecular formula is C12H22N2O2S. The number of amides is 1. The van der Waals surface area contributed by atoms with Crippen LogP contribution < -0.4 is 5.32 Å². The standard InChI is InChI=1S/C12H22N2O2S/c1-12(3-2-8-17-12)10-13-9-11(15)14-4-6-16-7-5-14/h13H,2-10H2,1H3. The third kappa shape index (κ3) is 3.86. The van der Waals surface area contributed by atoms with E-state index in [0.29, 0.717) is 24.5 Å². The van der Waals surface area contributed by atoms with Crippen molar-refractivity contribution in [2.24, 2.45) is 0 Å². The lowest BCUT2D eigenvalue weighted by Gasteiger charge is -2.28. The minimum atomic E-state index is 0.208. The number of carbonyl (C=O) groups is 1. The molecule has 2 fully saturated rings. The first-order valence-electron chi connectivity index (χ1n) is 6.40. The summed E-state index contributed by atoms with van der Waals surface area (Å²) in [6, 6.07) is 0. The van der Waals surface area contributed by atoms with Gasteiger partial charge < -0.3 is 15.0 Å². The molecule has 0 aromatic rings. The van der Waals surface area contributed by atoms with E-state index in [2.05, 4.69) is 12.2 Å². The van der Waals surface area contributed by atoms with Gasteiger partial charge in [0, 0.05) is 24.4 Å². The maximum absolute atomic E-state index is 11.9. The quantitative estimate of drug-likeness (QED) is 0.807. The molecule has 0 aliphatic carbocycles. The smallest absolute Gasteiger partial charge is 0.236 e. The summed E-state index contributed by atoms with van der Waals surface area (Å²) in [4.78, 5) is 13.8. The lowest BCUT2D eigenvalue weighted by Crippen LogP contribution is -2.46. The van der Waals surface area contributed by atoms with Crippen LogP contribution in [0.25, 0.3) is 0 Å². The first-order chi connectivity index (χ1) is 8.20. The Labute approximate surface area is 107 Å². The van der Waals surface area contributed by atoms with Gasteiger partial charge in [-0.1, -0.05) is 0 Å². The minimum absolute atomic E-state index is 0.208. The predicted octanol–water partition coefficient (Wildman–Crippen LogP) is 0.720. The van der Waals surface area contributed by atoms with E-state index in [1.807, 2.05) is 16.7 Å². The van der Waals surface area contributed by atoms with Gasteiger partial charge in [-0.2, -0.15) is 11.8 Å². The van der Waals surface area contributed by atoms with Crippen molar-refractivity contribution in [2.45, 2.75) is 24.5 Å². The molecule has 2 saturated heterocycles. The number of nitrogens with one attached hydrogen (secondary N) is 1. The minimum Gasteiger partial charge on any atom is -0.378 e. The molecule has 2 aliphatic rings. The average Bonchev–Trinajstić information content (AvgIpc) is 2.77. The summed E-state index contributed by atoms with van der Waals surface area (Å²) in [5.41, 5.74) is 0. The summed E-state index contributed by atoms with van der Waals surface area (Å²) in [6.45, 7) is 6.54. The third-order valence-electron chi connectivity index (χ3n) is 3.44. The number of morpholine rings is 1. The Morgan fingerprint density at radius 2 is 2.24 bits per heavy atom. The number of nitrogens with zero attached hydrogens (tertiary/aromatic N) is 1. The van der Waals surface area contributed by atoms with Crippen LogP contribution in [0, 0.1) is 0 Å². The van der Waals surface area contributed by atoms with Gasteiger partial charge in [0.1, 0.15) is 0 Å². The molecule has 1 atom stereocenters. The van der Waals surface area contributed by atoms with Crippen molar-refractivity contribution >= 4 is 17.7 Å². The molecule has 17 heavy (non-hydrogen) atoms. The molecule has 0 aromatic heterocycles. The lowest BCUT2D eigenvalue weighted by molar-refractivity contribution is -0.134. The highest BCUT2D eigenvalue weighted by Gasteiger charge is 2.29. The summed E-state index contributed by atoms with van der Waals surface area (Å²) in [5.74, 6) is 1.47. The van der Waals surface area contributed by atoms with Crippen molar-refractivity contribution in [1.82, 2.24) is 10.2 Å². The molecule has 1 N–H and O–H groups in total. The van der Waals surface area contributed by atoms with E-state index in [0.717, 1.165) is 19.6 Å².